The molecule has 0 radical (unpaired) electrons. The van der Waals surface area contributed by atoms with Crippen LogP contribution in [-0.4, -0.2) is 24.2 Å². The van der Waals surface area contributed by atoms with Crippen molar-refractivity contribution < 1.29 is 14.3 Å². The number of esters is 1. The van der Waals surface area contributed by atoms with E-state index in [1.54, 1.807) is 13.1 Å². The molecule has 0 fully saturated rings. The summed E-state index contributed by atoms with van der Waals surface area (Å²) < 4.78 is 10.9. The highest BCUT2D eigenvalue weighted by molar-refractivity contribution is 6.30. The van der Waals surface area contributed by atoms with Crippen molar-refractivity contribution in [2.45, 2.75) is 26.7 Å². The lowest BCUT2D eigenvalue weighted by atomic mass is 10.1. The molecule has 0 atom stereocenters. The van der Waals surface area contributed by atoms with E-state index in [0.717, 1.165) is 17.5 Å². The van der Waals surface area contributed by atoms with Crippen LogP contribution < -0.4 is 4.74 Å². The number of rotatable bonds is 7. The van der Waals surface area contributed by atoms with Crippen LogP contribution in [0.4, 0.5) is 0 Å². The minimum absolute atomic E-state index is 0.335. The molecule has 0 unspecified atom stereocenters. The molecule has 0 aliphatic heterocycles. The Morgan fingerprint density at radius 2 is 2.09 bits per heavy atom. The van der Waals surface area contributed by atoms with E-state index in [1.165, 1.54) is 6.20 Å². The molecule has 0 spiro atoms. The standard InChI is InChI=1S/C18H20ClNO3/c1-3-15-16(18(21)22-4-2)11-20-12-17(15)23-9-8-13-6-5-7-14(19)10-13/h5-7,10-12H,3-4,8-9H2,1-2H3. The SMILES string of the molecule is CCOC(=O)c1cncc(OCCc2cccc(Cl)c2)c1CC. The monoisotopic (exact) mass is 333 g/mol. The normalized spacial score (nSPS) is 10.4. The highest BCUT2D eigenvalue weighted by Gasteiger charge is 2.16. The van der Waals surface area contributed by atoms with Crippen molar-refractivity contribution in [3.63, 3.8) is 0 Å². The Hall–Kier alpha value is -2.07. The molecule has 122 valence electrons. The van der Waals surface area contributed by atoms with Gasteiger partial charge in [-0.3, -0.25) is 4.98 Å². The van der Waals surface area contributed by atoms with Crippen LogP contribution in [0.2, 0.25) is 5.02 Å². The molecule has 0 aliphatic rings. The van der Waals surface area contributed by atoms with Crippen molar-refractivity contribution >= 4 is 17.6 Å². The number of pyridine rings is 1. The lowest BCUT2D eigenvalue weighted by Gasteiger charge is -2.13. The Kier molecular flexibility index (Phi) is 6.41. The van der Waals surface area contributed by atoms with Crippen molar-refractivity contribution in [1.82, 2.24) is 4.98 Å². The fourth-order valence-electron chi connectivity index (χ4n) is 2.31. The highest BCUT2D eigenvalue weighted by atomic mass is 35.5. The first-order chi connectivity index (χ1) is 11.2. The van der Waals surface area contributed by atoms with Crippen LogP contribution in [0.25, 0.3) is 0 Å². The Morgan fingerprint density at radius 3 is 2.78 bits per heavy atom. The summed E-state index contributed by atoms with van der Waals surface area (Å²) in [7, 11) is 0. The molecule has 0 saturated heterocycles. The first kappa shape index (κ1) is 17.3. The molecule has 1 aromatic heterocycles. The van der Waals surface area contributed by atoms with E-state index in [-0.39, 0.29) is 5.97 Å². The number of hydrogen-bond donors (Lipinski definition) is 0. The van der Waals surface area contributed by atoms with Crippen LogP contribution in [0.15, 0.2) is 36.7 Å². The van der Waals surface area contributed by atoms with Gasteiger partial charge in [-0.2, -0.15) is 0 Å². The van der Waals surface area contributed by atoms with E-state index in [4.69, 9.17) is 21.1 Å². The summed E-state index contributed by atoms with van der Waals surface area (Å²) in [5, 5.41) is 0.711. The van der Waals surface area contributed by atoms with Crippen molar-refractivity contribution in [2.24, 2.45) is 0 Å². The molecule has 2 rings (SSSR count). The zero-order chi connectivity index (χ0) is 16.7. The summed E-state index contributed by atoms with van der Waals surface area (Å²) in [6.07, 6.45) is 4.57. The molecular formula is C18H20ClNO3. The third-order valence-corrected chi connectivity index (χ3v) is 3.64. The van der Waals surface area contributed by atoms with E-state index in [2.05, 4.69) is 4.98 Å². The van der Waals surface area contributed by atoms with Crippen molar-refractivity contribution in [3.05, 3.63) is 58.4 Å². The van der Waals surface area contributed by atoms with E-state index in [1.807, 2.05) is 31.2 Å². The molecule has 2 aromatic rings. The predicted octanol–water partition coefficient (Wildman–Crippen LogP) is 4.10. The predicted molar refractivity (Wildman–Crippen MR) is 90.2 cm³/mol. The zero-order valence-corrected chi connectivity index (χ0v) is 14.1. The lowest BCUT2D eigenvalue weighted by Crippen LogP contribution is -2.11. The topological polar surface area (TPSA) is 48.4 Å². The number of nitrogens with zero attached hydrogens (tertiary/aromatic N) is 1. The first-order valence-corrected chi connectivity index (χ1v) is 8.04. The molecule has 4 nitrogen and oxygen atoms in total. The van der Waals surface area contributed by atoms with Gasteiger partial charge in [-0.1, -0.05) is 30.7 Å². The van der Waals surface area contributed by atoms with Gasteiger partial charge in [-0.25, -0.2) is 4.79 Å². The van der Waals surface area contributed by atoms with Crippen LogP contribution in [0.3, 0.4) is 0 Å². The minimum Gasteiger partial charge on any atom is -0.491 e. The number of halogens is 1. The summed E-state index contributed by atoms with van der Waals surface area (Å²) in [6.45, 7) is 4.58. The Morgan fingerprint density at radius 1 is 1.26 bits per heavy atom. The third kappa shape index (κ3) is 4.70. The molecule has 1 aromatic carbocycles. The zero-order valence-electron chi connectivity index (χ0n) is 13.3. The van der Waals surface area contributed by atoms with Crippen LogP contribution in [0.5, 0.6) is 5.75 Å². The number of hydrogen-bond acceptors (Lipinski definition) is 4. The van der Waals surface area contributed by atoms with Gasteiger partial charge in [0, 0.05) is 23.2 Å². The minimum atomic E-state index is -0.364. The molecular weight excluding hydrogens is 314 g/mol. The third-order valence-electron chi connectivity index (χ3n) is 3.40. The highest BCUT2D eigenvalue weighted by Crippen LogP contribution is 2.23. The summed E-state index contributed by atoms with van der Waals surface area (Å²) in [4.78, 5) is 16.1. The second-order valence-corrected chi connectivity index (χ2v) is 5.40. The van der Waals surface area contributed by atoms with Gasteiger partial charge in [0.05, 0.1) is 25.0 Å². The molecule has 0 amide bonds. The van der Waals surface area contributed by atoms with Crippen LogP contribution in [0, 0.1) is 0 Å². The van der Waals surface area contributed by atoms with Crippen molar-refractivity contribution in [1.29, 1.82) is 0 Å². The summed E-state index contributed by atoms with van der Waals surface area (Å²) in [5.41, 5.74) is 2.39. The Balaban J connectivity index is 2.07. The van der Waals surface area contributed by atoms with Crippen molar-refractivity contribution in [2.75, 3.05) is 13.2 Å². The largest absolute Gasteiger partial charge is 0.491 e. The van der Waals surface area contributed by atoms with E-state index in [9.17, 15) is 4.79 Å². The summed E-state index contributed by atoms with van der Waals surface area (Å²) in [6, 6.07) is 7.67. The van der Waals surface area contributed by atoms with Gasteiger partial charge in [0.1, 0.15) is 5.75 Å². The quantitative estimate of drug-likeness (QED) is 0.716. The molecule has 1 heterocycles. The van der Waals surface area contributed by atoms with Gasteiger partial charge >= 0.3 is 5.97 Å². The van der Waals surface area contributed by atoms with Gasteiger partial charge < -0.3 is 9.47 Å². The second kappa shape index (κ2) is 8.53. The molecule has 0 saturated carbocycles. The van der Waals surface area contributed by atoms with Gasteiger partial charge in [0.25, 0.3) is 0 Å². The van der Waals surface area contributed by atoms with Gasteiger partial charge in [-0.15, -0.1) is 0 Å². The van der Waals surface area contributed by atoms with Crippen molar-refractivity contribution in [3.8, 4) is 5.75 Å². The maximum atomic E-state index is 12.0. The van der Waals surface area contributed by atoms with Gasteiger partial charge in [-0.05, 0) is 31.0 Å². The Bertz CT molecular complexity index is 673. The smallest absolute Gasteiger partial charge is 0.340 e. The van der Waals surface area contributed by atoms with Gasteiger partial charge in [0.15, 0.2) is 0 Å². The number of aromatic nitrogens is 1. The first-order valence-electron chi connectivity index (χ1n) is 7.67. The number of carbonyl (C=O) groups excluding carboxylic acids is 1. The molecule has 5 heteroatoms. The number of ether oxygens (including phenoxy) is 2. The Labute approximate surface area is 141 Å². The lowest BCUT2D eigenvalue weighted by molar-refractivity contribution is 0.0524. The fraction of sp³-hybridized carbons (Fsp3) is 0.333. The summed E-state index contributed by atoms with van der Waals surface area (Å²) in [5.74, 6) is 0.261. The second-order valence-electron chi connectivity index (χ2n) is 4.97. The van der Waals surface area contributed by atoms with E-state index < -0.39 is 0 Å². The summed E-state index contributed by atoms with van der Waals surface area (Å²) >= 11 is 5.97. The van der Waals surface area contributed by atoms with E-state index in [0.29, 0.717) is 36.0 Å². The number of carbonyl (C=O) groups is 1. The fourth-order valence-corrected chi connectivity index (χ4v) is 2.53. The molecule has 0 bridgehead atoms. The number of benzene rings is 1. The van der Waals surface area contributed by atoms with Crippen LogP contribution in [0.1, 0.15) is 35.3 Å². The average Bonchev–Trinajstić information content (AvgIpc) is 2.55. The van der Waals surface area contributed by atoms with Crippen LogP contribution in [-0.2, 0) is 17.6 Å². The maximum Gasteiger partial charge on any atom is 0.340 e. The molecule has 23 heavy (non-hydrogen) atoms. The molecule has 0 N–H and O–H groups in total. The van der Waals surface area contributed by atoms with E-state index >= 15 is 0 Å². The van der Waals surface area contributed by atoms with Gasteiger partial charge in [0.2, 0.25) is 0 Å². The average molecular weight is 334 g/mol. The molecule has 0 aliphatic carbocycles. The van der Waals surface area contributed by atoms with Crippen LogP contribution >= 0.6 is 11.6 Å². The maximum absolute atomic E-state index is 12.0.